The summed E-state index contributed by atoms with van der Waals surface area (Å²) in [6.45, 7) is 0. The van der Waals surface area contributed by atoms with Crippen LogP contribution < -0.4 is 0 Å². The molecule has 98 valence electrons. The lowest BCUT2D eigenvalue weighted by atomic mass is 10.2. The summed E-state index contributed by atoms with van der Waals surface area (Å²) in [5.74, 6) is 0. The Morgan fingerprint density at radius 1 is 1.21 bits per heavy atom. The van der Waals surface area contributed by atoms with Crippen LogP contribution in [0.2, 0.25) is 0 Å². The third-order valence-electron chi connectivity index (χ3n) is 2.77. The minimum absolute atomic E-state index is 0.381. The van der Waals surface area contributed by atoms with Crippen molar-refractivity contribution >= 4 is 34.6 Å². The van der Waals surface area contributed by atoms with E-state index in [4.69, 9.17) is 12.2 Å². The molecule has 0 saturated heterocycles. The van der Waals surface area contributed by atoms with Crippen LogP contribution in [0, 0.1) is 4.77 Å². The van der Waals surface area contributed by atoms with Gasteiger partial charge in [-0.3, -0.25) is 4.57 Å². The maximum Gasteiger partial charge on any atom is 0.416 e. The van der Waals surface area contributed by atoms with E-state index in [9.17, 15) is 13.2 Å². The van der Waals surface area contributed by atoms with Crippen molar-refractivity contribution in [2.75, 3.05) is 0 Å². The number of aromatic nitrogens is 2. The van der Waals surface area contributed by atoms with Gasteiger partial charge >= 0.3 is 6.18 Å². The Labute approximate surface area is 115 Å². The van der Waals surface area contributed by atoms with Gasteiger partial charge in [0.05, 0.1) is 22.3 Å². The number of hydrogen-bond donors (Lipinski definition) is 1. The molecule has 1 aromatic carbocycles. The summed E-state index contributed by atoms with van der Waals surface area (Å²) in [6.07, 6.45) is -4.35. The molecule has 0 fully saturated rings. The van der Waals surface area contributed by atoms with Crippen molar-refractivity contribution in [3.63, 3.8) is 0 Å². The average molecular weight is 300 g/mol. The van der Waals surface area contributed by atoms with Crippen molar-refractivity contribution in [3.05, 3.63) is 45.4 Å². The van der Waals surface area contributed by atoms with E-state index in [1.807, 2.05) is 16.8 Å². The zero-order chi connectivity index (χ0) is 13.6. The van der Waals surface area contributed by atoms with Gasteiger partial charge in [-0.15, -0.1) is 0 Å². The van der Waals surface area contributed by atoms with Gasteiger partial charge in [-0.1, -0.05) is 0 Å². The van der Waals surface area contributed by atoms with Gasteiger partial charge in [0, 0.05) is 5.38 Å². The van der Waals surface area contributed by atoms with Crippen LogP contribution in [0.1, 0.15) is 5.56 Å². The molecule has 0 unspecified atom stereocenters. The largest absolute Gasteiger partial charge is 0.416 e. The number of halogens is 3. The van der Waals surface area contributed by atoms with Crippen LogP contribution in [-0.2, 0) is 6.18 Å². The smallest absolute Gasteiger partial charge is 0.330 e. The minimum Gasteiger partial charge on any atom is -0.330 e. The van der Waals surface area contributed by atoms with Crippen molar-refractivity contribution in [1.82, 2.24) is 9.55 Å². The summed E-state index contributed by atoms with van der Waals surface area (Å²) in [5, 5.41) is 3.78. The summed E-state index contributed by atoms with van der Waals surface area (Å²) in [5.41, 5.74) is 1.18. The monoisotopic (exact) mass is 300 g/mol. The SMILES string of the molecule is FC(F)(F)c1ccc2c(c1)[nH]c(=S)n2-c1ccsc1. The number of aromatic amines is 1. The molecule has 19 heavy (non-hydrogen) atoms. The Morgan fingerprint density at radius 3 is 2.63 bits per heavy atom. The number of imidazole rings is 1. The number of benzene rings is 1. The minimum atomic E-state index is -4.35. The third-order valence-corrected chi connectivity index (χ3v) is 3.73. The maximum absolute atomic E-state index is 12.7. The molecule has 0 amide bonds. The normalized spacial score (nSPS) is 12.2. The van der Waals surface area contributed by atoms with Crippen LogP contribution in [-0.4, -0.2) is 9.55 Å². The second-order valence-electron chi connectivity index (χ2n) is 3.98. The molecule has 0 aliphatic rings. The fourth-order valence-corrected chi connectivity index (χ4v) is 2.86. The fourth-order valence-electron chi connectivity index (χ4n) is 1.93. The lowest BCUT2D eigenvalue weighted by Gasteiger charge is -2.06. The molecule has 0 aliphatic heterocycles. The number of hydrogen-bond acceptors (Lipinski definition) is 2. The highest BCUT2D eigenvalue weighted by Crippen LogP contribution is 2.32. The molecular formula is C12H7F3N2S2. The molecule has 2 heterocycles. The first-order chi connectivity index (χ1) is 8.97. The lowest BCUT2D eigenvalue weighted by molar-refractivity contribution is -0.137. The van der Waals surface area contributed by atoms with Crippen LogP contribution in [0.4, 0.5) is 13.2 Å². The Bertz CT molecular complexity index is 782. The molecule has 7 heteroatoms. The Hall–Kier alpha value is -1.60. The van der Waals surface area contributed by atoms with Gasteiger partial charge in [0.25, 0.3) is 0 Å². The van der Waals surface area contributed by atoms with Gasteiger partial charge < -0.3 is 4.98 Å². The topological polar surface area (TPSA) is 20.7 Å². The second kappa shape index (κ2) is 4.21. The van der Waals surface area contributed by atoms with E-state index in [1.165, 1.54) is 17.4 Å². The molecule has 0 bridgehead atoms. The highest BCUT2D eigenvalue weighted by molar-refractivity contribution is 7.71. The van der Waals surface area contributed by atoms with Gasteiger partial charge in [0.1, 0.15) is 0 Å². The molecule has 0 radical (unpaired) electrons. The summed E-state index contributed by atoms with van der Waals surface area (Å²) in [6, 6.07) is 5.44. The van der Waals surface area contributed by atoms with E-state index in [0.717, 1.165) is 17.8 Å². The molecule has 2 aromatic heterocycles. The highest BCUT2D eigenvalue weighted by atomic mass is 32.1. The van der Waals surface area contributed by atoms with E-state index in [1.54, 1.807) is 4.57 Å². The maximum atomic E-state index is 12.7. The van der Waals surface area contributed by atoms with E-state index < -0.39 is 11.7 Å². The summed E-state index contributed by atoms with van der Waals surface area (Å²) >= 11 is 6.67. The predicted molar refractivity (Wildman–Crippen MR) is 71.3 cm³/mol. The molecule has 3 rings (SSSR count). The molecule has 3 aromatic rings. The van der Waals surface area contributed by atoms with Crippen molar-refractivity contribution in [2.45, 2.75) is 6.18 Å². The van der Waals surface area contributed by atoms with Crippen LogP contribution in [0.3, 0.4) is 0 Å². The van der Waals surface area contributed by atoms with Gasteiger partial charge in [0.2, 0.25) is 0 Å². The molecule has 0 spiro atoms. The van der Waals surface area contributed by atoms with Gasteiger partial charge in [0.15, 0.2) is 4.77 Å². The molecular weight excluding hydrogens is 293 g/mol. The quantitative estimate of drug-likeness (QED) is 0.642. The Morgan fingerprint density at radius 2 is 2.00 bits per heavy atom. The predicted octanol–water partition coefficient (Wildman–Crippen LogP) is 4.77. The summed E-state index contributed by atoms with van der Waals surface area (Å²) < 4.78 is 40.1. The van der Waals surface area contributed by atoms with Gasteiger partial charge in [-0.05, 0) is 41.9 Å². The number of alkyl halides is 3. The standard InChI is InChI=1S/C12H7F3N2S2/c13-12(14,15)7-1-2-10-9(5-7)16-11(18)17(10)8-3-4-19-6-8/h1-6H,(H,16,18). The number of thiophene rings is 1. The first-order valence-corrected chi connectivity index (χ1v) is 6.66. The molecule has 0 atom stereocenters. The molecule has 0 aliphatic carbocycles. The summed E-state index contributed by atoms with van der Waals surface area (Å²) in [7, 11) is 0. The van der Waals surface area contributed by atoms with Crippen molar-refractivity contribution in [3.8, 4) is 5.69 Å². The van der Waals surface area contributed by atoms with Gasteiger partial charge in [-0.2, -0.15) is 24.5 Å². The molecule has 2 nitrogen and oxygen atoms in total. The van der Waals surface area contributed by atoms with Crippen molar-refractivity contribution in [2.24, 2.45) is 0 Å². The number of fused-ring (bicyclic) bond motifs is 1. The summed E-state index contributed by atoms with van der Waals surface area (Å²) in [4.78, 5) is 2.81. The average Bonchev–Trinajstić information content (AvgIpc) is 2.92. The van der Waals surface area contributed by atoms with Crippen LogP contribution in [0.25, 0.3) is 16.7 Å². The first kappa shape index (κ1) is 12.4. The zero-order valence-corrected chi connectivity index (χ0v) is 11.0. The van der Waals surface area contributed by atoms with E-state index >= 15 is 0 Å². The van der Waals surface area contributed by atoms with Crippen LogP contribution >= 0.6 is 23.6 Å². The Balaban J connectivity index is 2.27. The van der Waals surface area contributed by atoms with Crippen LogP contribution in [0.15, 0.2) is 35.0 Å². The van der Waals surface area contributed by atoms with Crippen LogP contribution in [0.5, 0.6) is 0 Å². The third kappa shape index (κ3) is 2.08. The fraction of sp³-hybridized carbons (Fsp3) is 0.0833. The zero-order valence-electron chi connectivity index (χ0n) is 9.36. The van der Waals surface area contributed by atoms with E-state index in [2.05, 4.69) is 4.98 Å². The number of nitrogens with zero attached hydrogens (tertiary/aromatic N) is 1. The highest BCUT2D eigenvalue weighted by Gasteiger charge is 2.30. The van der Waals surface area contributed by atoms with Gasteiger partial charge in [-0.25, -0.2) is 0 Å². The number of rotatable bonds is 1. The molecule has 0 saturated carbocycles. The van der Waals surface area contributed by atoms with Crippen molar-refractivity contribution < 1.29 is 13.2 Å². The van der Waals surface area contributed by atoms with E-state index in [0.29, 0.717) is 15.8 Å². The second-order valence-corrected chi connectivity index (χ2v) is 5.14. The molecule has 1 N–H and O–H groups in total. The number of nitrogens with one attached hydrogen (secondary N) is 1. The number of H-pyrrole nitrogens is 1. The van der Waals surface area contributed by atoms with Crippen molar-refractivity contribution in [1.29, 1.82) is 0 Å². The van der Waals surface area contributed by atoms with E-state index in [-0.39, 0.29) is 0 Å². The Kier molecular flexibility index (Phi) is 2.75. The lowest BCUT2D eigenvalue weighted by Crippen LogP contribution is -2.04. The first-order valence-electron chi connectivity index (χ1n) is 5.31.